The molecule has 0 amide bonds. The molecule has 0 nitrogen and oxygen atoms in total. The molecule has 46 heavy (non-hydrogen) atoms. The maximum absolute atomic E-state index is 3.84. The lowest BCUT2D eigenvalue weighted by molar-refractivity contribution is 1.64. The fraction of sp³-hybridized carbons (Fsp3) is 0. The molecule has 16 heteroatoms. The summed E-state index contributed by atoms with van der Waals surface area (Å²) in [6.07, 6.45) is 0. The Morgan fingerprint density at radius 1 is 0.304 bits per heavy atom. The van der Waals surface area contributed by atoms with Crippen LogP contribution in [0.5, 0.6) is 0 Å². The first-order chi connectivity index (χ1) is 21.5. The van der Waals surface area contributed by atoms with E-state index in [0.717, 1.165) is 4.47 Å². The van der Waals surface area contributed by atoms with Gasteiger partial charge >= 0.3 is 0 Å². The van der Waals surface area contributed by atoms with E-state index in [2.05, 4.69) is 158 Å². The summed E-state index contributed by atoms with van der Waals surface area (Å²) in [6.45, 7) is 0. The molecule has 0 unspecified atom stereocenters. The van der Waals surface area contributed by atoms with E-state index in [0.29, 0.717) is 0 Å². The maximum atomic E-state index is 3.84. The smallest absolute Gasteiger partial charge is 0.101 e. The summed E-state index contributed by atoms with van der Waals surface area (Å²) in [4.78, 5) is 0. The molecule has 6 rings (SSSR count). The Kier molecular flexibility index (Phi) is 8.44. The third-order valence-electron chi connectivity index (χ3n) is 12.6. The van der Waals surface area contributed by atoms with Gasteiger partial charge in [0.2, 0.25) is 0 Å². The molecule has 0 atom stereocenters. The summed E-state index contributed by atoms with van der Waals surface area (Å²) in [5.41, 5.74) is 26.5. The van der Waals surface area contributed by atoms with Crippen molar-refractivity contribution in [2.24, 2.45) is 0 Å². The van der Waals surface area contributed by atoms with Crippen molar-refractivity contribution in [3.63, 3.8) is 0 Å². The standard InChI is InChI=1S/C30H34B15Br/c31-16-9-7(5-2-1-3-6(46)4-5)10-12(20(35)28(43)26(41)17(10)32)8(11(9)19(34)27(42)25(16)40)13-14-15(22(37)24(39)18(13)33)23(38)30(45)29(44)21(14)36/h1-4H,31-45H2. The van der Waals surface area contributed by atoms with Gasteiger partial charge in [-0.1, -0.05) is 71.8 Å². The Morgan fingerprint density at radius 2 is 0.609 bits per heavy atom. The SMILES string of the molecule is Bc1c(B)c(B)c2c(-c3c4c(B)c(B)c(B)c(B)c4c(-c4cccc(Br)c4)c4c(B)c(B)c(B)c(B)c34)c(B)c(B)c(B)c2c1B. The number of rotatable bonds is 2. The molecule has 0 saturated carbocycles. The molecule has 6 aromatic rings. The Morgan fingerprint density at radius 3 is 0.978 bits per heavy atom. The number of fused-ring (bicyclic) bond motifs is 3. The average molecular weight is 637 g/mol. The zero-order chi connectivity index (χ0) is 33.8. The monoisotopic (exact) mass is 638 g/mol. The van der Waals surface area contributed by atoms with Gasteiger partial charge in [0.15, 0.2) is 0 Å². The fourth-order valence-electron chi connectivity index (χ4n) is 8.56. The average Bonchev–Trinajstić information content (AvgIpc) is 3.03. The largest absolute Gasteiger partial charge is 0.139 e. The topological polar surface area (TPSA) is 0 Å². The van der Waals surface area contributed by atoms with Crippen molar-refractivity contribution in [1.82, 2.24) is 0 Å². The third kappa shape index (κ3) is 4.48. The molecule has 0 heterocycles. The first-order valence-corrected chi connectivity index (χ1v) is 17.6. The quantitative estimate of drug-likeness (QED) is 0.131. The van der Waals surface area contributed by atoms with Gasteiger partial charge < -0.3 is 0 Å². The predicted octanol–water partition coefficient (Wildman–Crippen LogP) is -16.9. The van der Waals surface area contributed by atoms with Crippen molar-refractivity contribution >= 4 is 248 Å². The highest BCUT2D eigenvalue weighted by atomic mass is 79.9. The minimum Gasteiger partial charge on any atom is -0.101 e. The van der Waals surface area contributed by atoms with Crippen molar-refractivity contribution in [2.75, 3.05) is 0 Å². The molecule has 0 aliphatic rings. The van der Waals surface area contributed by atoms with Crippen molar-refractivity contribution in [3.8, 4) is 22.3 Å². The second-order valence-corrected chi connectivity index (χ2v) is 15.2. The molecule has 0 aliphatic heterocycles. The summed E-state index contributed by atoms with van der Waals surface area (Å²) in [6, 6.07) is 8.96. The van der Waals surface area contributed by atoms with Gasteiger partial charge in [0.05, 0.1) is 0 Å². The van der Waals surface area contributed by atoms with Crippen molar-refractivity contribution < 1.29 is 0 Å². The molecule has 0 fully saturated rings. The highest BCUT2D eigenvalue weighted by Gasteiger charge is 2.28. The number of halogens is 1. The van der Waals surface area contributed by atoms with Gasteiger partial charge in [-0.05, 0) is 66.7 Å². The van der Waals surface area contributed by atoms with Gasteiger partial charge in [0.25, 0.3) is 0 Å². The fourth-order valence-corrected chi connectivity index (χ4v) is 8.96. The van der Waals surface area contributed by atoms with E-state index in [-0.39, 0.29) is 0 Å². The highest BCUT2D eigenvalue weighted by Crippen LogP contribution is 2.41. The van der Waals surface area contributed by atoms with Gasteiger partial charge in [-0.3, -0.25) is 0 Å². The maximum Gasteiger partial charge on any atom is 0.139 e. The molecule has 0 N–H and O–H groups in total. The van der Waals surface area contributed by atoms with Crippen LogP contribution in [0.2, 0.25) is 0 Å². The van der Waals surface area contributed by atoms with Crippen LogP contribution in [0.1, 0.15) is 0 Å². The van der Waals surface area contributed by atoms with Crippen LogP contribution in [0.3, 0.4) is 0 Å². The Labute approximate surface area is 297 Å². The minimum absolute atomic E-state index is 1.11. The van der Waals surface area contributed by atoms with E-state index in [1.807, 2.05) is 0 Å². The van der Waals surface area contributed by atoms with Gasteiger partial charge in [0, 0.05) is 4.47 Å². The summed E-state index contributed by atoms with van der Waals surface area (Å²) in [5, 5.41) is 8.50. The van der Waals surface area contributed by atoms with E-state index in [1.54, 1.807) is 0 Å². The van der Waals surface area contributed by atoms with E-state index in [1.165, 1.54) is 137 Å². The molecule has 0 bridgehead atoms. The molecule has 0 spiro atoms. The normalized spacial score (nSPS) is 11.6. The van der Waals surface area contributed by atoms with E-state index in [4.69, 9.17) is 0 Å². The summed E-state index contributed by atoms with van der Waals surface area (Å²) in [5.74, 6) is 0. The van der Waals surface area contributed by atoms with Gasteiger partial charge in [-0.15, -0.1) is 38.2 Å². The summed E-state index contributed by atoms with van der Waals surface area (Å²) in [7, 11) is 35.2. The van der Waals surface area contributed by atoms with E-state index >= 15 is 0 Å². The van der Waals surface area contributed by atoms with Crippen molar-refractivity contribution in [2.45, 2.75) is 0 Å². The molecule has 0 saturated heterocycles. The molecule has 0 aliphatic carbocycles. The summed E-state index contributed by atoms with van der Waals surface area (Å²) < 4.78 is 1.11. The van der Waals surface area contributed by atoms with Gasteiger partial charge in [-0.2, -0.15) is 0 Å². The zero-order valence-corrected chi connectivity index (χ0v) is 32.3. The number of hydrogen-bond donors (Lipinski definition) is 0. The molecule has 0 radical (unpaired) electrons. The molecule has 6 aromatic carbocycles. The Bertz CT molecular complexity index is 2290. The molecular formula is C30H34B15Br. The van der Waals surface area contributed by atoms with Crippen molar-refractivity contribution in [3.05, 3.63) is 28.7 Å². The second kappa shape index (κ2) is 11.6. The Balaban J connectivity index is 2.13. The van der Waals surface area contributed by atoms with E-state index in [9.17, 15) is 0 Å². The lowest BCUT2D eigenvalue weighted by Gasteiger charge is -2.31. The zero-order valence-electron chi connectivity index (χ0n) is 30.7. The van der Waals surface area contributed by atoms with Crippen LogP contribution in [-0.2, 0) is 0 Å². The van der Waals surface area contributed by atoms with Crippen LogP contribution >= 0.6 is 15.9 Å². The van der Waals surface area contributed by atoms with Crippen LogP contribution in [0, 0.1) is 0 Å². The minimum atomic E-state index is 1.11. The lowest BCUT2D eigenvalue weighted by atomic mass is 9.56. The van der Waals surface area contributed by atoms with Crippen LogP contribution < -0.4 is 81.9 Å². The number of hydrogen-bond acceptors (Lipinski definition) is 0. The first-order valence-electron chi connectivity index (χ1n) is 16.8. The number of benzene rings is 6. The van der Waals surface area contributed by atoms with Crippen molar-refractivity contribution in [1.29, 1.82) is 0 Å². The van der Waals surface area contributed by atoms with Gasteiger partial charge in [0.1, 0.15) is 118 Å². The third-order valence-corrected chi connectivity index (χ3v) is 13.0. The van der Waals surface area contributed by atoms with Crippen LogP contribution in [0.15, 0.2) is 28.7 Å². The van der Waals surface area contributed by atoms with Crippen LogP contribution in [0.4, 0.5) is 0 Å². The highest BCUT2D eigenvalue weighted by molar-refractivity contribution is 9.10. The Hall–Kier alpha value is -2.45. The molecule has 206 valence electrons. The molecule has 0 aromatic heterocycles. The first kappa shape index (κ1) is 33.5. The molecular weight excluding hydrogens is 602 g/mol. The summed E-state index contributed by atoms with van der Waals surface area (Å²) >= 11 is 3.84. The van der Waals surface area contributed by atoms with Gasteiger partial charge in [-0.25, -0.2) is 0 Å². The van der Waals surface area contributed by atoms with Crippen LogP contribution in [-0.4, -0.2) is 118 Å². The van der Waals surface area contributed by atoms with Crippen LogP contribution in [0.25, 0.3) is 54.6 Å². The van der Waals surface area contributed by atoms with E-state index < -0.39 is 0 Å². The lowest BCUT2D eigenvalue weighted by Crippen LogP contribution is -2.53. The second-order valence-electron chi connectivity index (χ2n) is 14.3. The predicted molar refractivity (Wildman–Crippen MR) is 260 cm³/mol.